The van der Waals surface area contributed by atoms with Crippen molar-refractivity contribution in [3.8, 4) is 10.6 Å². The van der Waals surface area contributed by atoms with Crippen LogP contribution >= 0.6 is 23.1 Å². The monoisotopic (exact) mass is 288 g/mol. The molecule has 0 unspecified atom stereocenters. The lowest BCUT2D eigenvalue weighted by molar-refractivity contribution is 0.322. The van der Waals surface area contributed by atoms with Crippen LogP contribution in [0.5, 0.6) is 0 Å². The Morgan fingerprint density at radius 3 is 2.63 bits per heavy atom. The molecule has 0 aliphatic carbocycles. The fraction of sp³-hybridized carbons (Fsp3) is 0.143. The Morgan fingerprint density at radius 2 is 1.89 bits per heavy atom. The molecule has 0 spiro atoms. The van der Waals surface area contributed by atoms with Crippen LogP contribution in [0.1, 0.15) is 0 Å². The van der Waals surface area contributed by atoms with Crippen molar-refractivity contribution < 1.29 is 5.11 Å². The summed E-state index contributed by atoms with van der Waals surface area (Å²) in [7, 11) is 0. The van der Waals surface area contributed by atoms with E-state index in [1.54, 1.807) is 11.3 Å². The van der Waals surface area contributed by atoms with Gasteiger partial charge < -0.3 is 5.11 Å². The van der Waals surface area contributed by atoms with Gasteiger partial charge in [-0.2, -0.15) is 0 Å². The molecule has 0 amide bonds. The van der Waals surface area contributed by atoms with Gasteiger partial charge in [0.2, 0.25) is 0 Å². The van der Waals surface area contributed by atoms with Crippen LogP contribution < -0.4 is 0 Å². The molecule has 3 nitrogen and oxygen atoms in total. The zero-order chi connectivity index (χ0) is 13.1. The summed E-state index contributed by atoms with van der Waals surface area (Å²) in [6.07, 6.45) is 0. The maximum Gasteiger partial charge on any atom is 0.127 e. The molecule has 19 heavy (non-hydrogen) atoms. The number of thiophene rings is 1. The largest absolute Gasteiger partial charge is 0.396 e. The molecule has 1 aromatic carbocycles. The molecule has 0 aliphatic heterocycles. The number of thioether (sulfide) groups is 1. The van der Waals surface area contributed by atoms with Gasteiger partial charge in [-0.25, -0.2) is 0 Å². The van der Waals surface area contributed by atoms with Gasteiger partial charge >= 0.3 is 0 Å². The first-order chi connectivity index (χ1) is 9.40. The fourth-order valence-corrected chi connectivity index (χ4v) is 3.36. The number of hydrogen-bond acceptors (Lipinski definition) is 5. The van der Waals surface area contributed by atoms with E-state index >= 15 is 0 Å². The van der Waals surface area contributed by atoms with E-state index in [4.69, 9.17) is 5.11 Å². The van der Waals surface area contributed by atoms with Crippen LogP contribution in [-0.4, -0.2) is 27.7 Å². The maximum absolute atomic E-state index is 8.94. The number of nitrogens with zero attached hydrogens (tertiary/aromatic N) is 2. The number of fused-ring (bicyclic) bond motifs is 1. The van der Waals surface area contributed by atoms with Crippen molar-refractivity contribution in [2.75, 3.05) is 12.4 Å². The van der Waals surface area contributed by atoms with Crippen molar-refractivity contribution in [2.45, 2.75) is 5.03 Å². The second kappa shape index (κ2) is 5.69. The Balaban J connectivity index is 2.16. The second-order valence-corrected chi connectivity index (χ2v) is 5.98. The van der Waals surface area contributed by atoms with Gasteiger partial charge in [0.1, 0.15) is 10.7 Å². The number of aromatic nitrogens is 2. The molecule has 1 N–H and O–H groups in total. The van der Waals surface area contributed by atoms with Gasteiger partial charge in [0.15, 0.2) is 0 Å². The minimum atomic E-state index is 0.146. The SMILES string of the molecule is OCCSc1nnc(-c2cccs2)c2ccccc12. The molecule has 2 aromatic heterocycles. The third kappa shape index (κ3) is 2.49. The molecular weight excluding hydrogens is 276 g/mol. The zero-order valence-electron chi connectivity index (χ0n) is 10.1. The Bertz CT molecular complexity index is 683. The molecule has 5 heteroatoms. The summed E-state index contributed by atoms with van der Waals surface area (Å²) in [4.78, 5) is 1.13. The predicted octanol–water partition coefficient (Wildman–Crippen LogP) is 3.44. The topological polar surface area (TPSA) is 46.0 Å². The van der Waals surface area contributed by atoms with E-state index in [1.165, 1.54) is 11.8 Å². The van der Waals surface area contributed by atoms with E-state index in [1.807, 2.05) is 23.6 Å². The van der Waals surface area contributed by atoms with Gasteiger partial charge in [0.25, 0.3) is 0 Å². The quantitative estimate of drug-likeness (QED) is 0.747. The molecule has 3 aromatic rings. The van der Waals surface area contributed by atoms with Crippen LogP contribution in [0.2, 0.25) is 0 Å². The lowest BCUT2D eigenvalue weighted by atomic mass is 10.1. The highest BCUT2D eigenvalue weighted by Crippen LogP contribution is 2.33. The highest BCUT2D eigenvalue weighted by atomic mass is 32.2. The summed E-state index contributed by atoms with van der Waals surface area (Å²) >= 11 is 3.20. The summed E-state index contributed by atoms with van der Waals surface area (Å²) < 4.78 is 0. The normalized spacial score (nSPS) is 11.0. The van der Waals surface area contributed by atoms with Gasteiger partial charge in [0, 0.05) is 16.5 Å². The van der Waals surface area contributed by atoms with Crippen molar-refractivity contribution >= 4 is 33.9 Å². The smallest absolute Gasteiger partial charge is 0.127 e. The first kappa shape index (κ1) is 12.6. The van der Waals surface area contributed by atoms with E-state index < -0.39 is 0 Å². The number of aliphatic hydroxyl groups excluding tert-OH is 1. The van der Waals surface area contributed by atoms with Crippen LogP contribution in [0.3, 0.4) is 0 Å². The lowest BCUT2D eigenvalue weighted by Gasteiger charge is -2.07. The van der Waals surface area contributed by atoms with Crippen LogP contribution in [0.25, 0.3) is 21.3 Å². The number of rotatable bonds is 4. The Labute approximate surface area is 119 Å². The van der Waals surface area contributed by atoms with Crippen LogP contribution in [-0.2, 0) is 0 Å². The third-order valence-corrected chi connectivity index (χ3v) is 4.58. The molecule has 0 bridgehead atoms. The molecule has 0 fully saturated rings. The molecule has 0 radical (unpaired) electrons. The van der Waals surface area contributed by atoms with Gasteiger partial charge in [-0.05, 0) is 11.4 Å². The Morgan fingerprint density at radius 1 is 1.05 bits per heavy atom. The highest BCUT2D eigenvalue weighted by molar-refractivity contribution is 7.99. The van der Waals surface area contributed by atoms with Crippen molar-refractivity contribution in [1.82, 2.24) is 10.2 Å². The highest BCUT2D eigenvalue weighted by Gasteiger charge is 2.11. The molecule has 96 valence electrons. The molecule has 0 saturated carbocycles. The average Bonchev–Trinajstić information content (AvgIpc) is 2.98. The van der Waals surface area contributed by atoms with Crippen molar-refractivity contribution in [3.63, 3.8) is 0 Å². The summed E-state index contributed by atoms with van der Waals surface area (Å²) in [5.74, 6) is 0.636. The van der Waals surface area contributed by atoms with E-state index in [-0.39, 0.29) is 6.61 Å². The van der Waals surface area contributed by atoms with E-state index in [0.717, 1.165) is 26.4 Å². The average molecular weight is 288 g/mol. The molecular formula is C14H12N2OS2. The van der Waals surface area contributed by atoms with Gasteiger partial charge in [-0.1, -0.05) is 30.3 Å². The Hall–Kier alpha value is -1.43. The zero-order valence-corrected chi connectivity index (χ0v) is 11.7. The lowest BCUT2D eigenvalue weighted by Crippen LogP contribution is -1.94. The maximum atomic E-state index is 8.94. The van der Waals surface area contributed by atoms with Gasteiger partial charge in [0.05, 0.1) is 11.5 Å². The van der Waals surface area contributed by atoms with E-state index in [9.17, 15) is 0 Å². The van der Waals surface area contributed by atoms with Gasteiger partial charge in [-0.3, -0.25) is 0 Å². The number of aliphatic hydroxyl groups is 1. The van der Waals surface area contributed by atoms with Crippen LogP contribution in [0.4, 0.5) is 0 Å². The standard InChI is InChI=1S/C14H12N2OS2/c17-7-9-19-14-11-5-2-1-4-10(11)13(15-16-14)12-6-3-8-18-12/h1-6,8,17H,7,9H2. The third-order valence-electron chi connectivity index (χ3n) is 2.74. The summed E-state index contributed by atoms with van der Waals surface area (Å²) in [6, 6.07) is 12.2. The molecule has 2 heterocycles. The van der Waals surface area contributed by atoms with Crippen molar-refractivity contribution in [1.29, 1.82) is 0 Å². The first-order valence-corrected chi connectivity index (χ1v) is 7.79. The summed E-state index contributed by atoms with van der Waals surface area (Å²) in [5.41, 5.74) is 0.930. The molecule has 0 atom stereocenters. The second-order valence-electron chi connectivity index (χ2n) is 3.95. The van der Waals surface area contributed by atoms with Gasteiger partial charge in [-0.15, -0.1) is 33.3 Å². The Kier molecular flexibility index (Phi) is 3.77. The molecule has 3 rings (SSSR count). The number of hydrogen-bond donors (Lipinski definition) is 1. The molecule has 0 aliphatic rings. The van der Waals surface area contributed by atoms with Crippen LogP contribution in [0, 0.1) is 0 Å². The van der Waals surface area contributed by atoms with E-state index in [0.29, 0.717) is 5.75 Å². The molecule has 0 saturated heterocycles. The summed E-state index contributed by atoms with van der Waals surface area (Å²) in [6.45, 7) is 0.146. The fourth-order valence-electron chi connectivity index (χ4n) is 1.92. The van der Waals surface area contributed by atoms with Crippen LogP contribution in [0.15, 0.2) is 46.8 Å². The first-order valence-electron chi connectivity index (χ1n) is 5.93. The number of benzene rings is 1. The van der Waals surface area contributed by atoms with E-state index in [2.05, 4.69) is 28.4 Å². The minimum Gasteiger partial charge on any atom is -0.396 e. The van der Waals surface area contributed by atoms with Crippen molar-refractivity contribution in [2.24, 2.45) is 0 Å². The minimum absolute atomic E-state index is 0.146. The van der Waals surface area contributed by atoms with Crippen molar-refractivity contribution in [3.05, 3.63) is 41.8 Å². The predicted molar refractivity (Wildman–Crippen MR) is 80.7 cm³/mol. The summed E-state index contributed by atoms with van der Waals surface area (Å²) in [5, 5.41) is 22.7.